The SMILES string of the molecule is COCCNCCC=CCc1ccccn1. The fourth-order valence-corrected chi connectivity index (χ4v) is 1.33. The number of rotatable bonds is 8. The molecule has 0 atom stereocenters. The Morgan fingerprint density at radius 2 is 2.25 bits per heavy atom. The molecule has 0 aliphatic heterocycles. The van der Waals surface area contributed by atoms with Gasteiger partial charge in [0.2, 0.25) is 0 Å². The fraction of sp³-hybridized carbons (Fsp3) is 0.462. The highest BCUT2D eigenvalue weighted by Crippen LogP contribution is 1.95. The van der Waals surface area contributed by atoms with Crippen LogP contribution in [0.2, 0.25) is 0 Å². The molecule has 0 unspecified atom stereocenters. The van der Waals surface area contributed by atoms with Crippen molar-refractivity contribution in [1.82, 2.24) is 10.3 Å². The number of methoxy groups -OCH3 is 1. The van der Waals surface area contributed by atoms with Gasteiger partial charge in [-0.25, -0.2) is 0 Å². The second-order valence-electron chi connectivity index (χ2n) is 3.53. The molecule has 0 spiro atoms. The quantitative estimate of drug-likeness (QED) is 0.536. The van der Waals surface area contributed by atoms with Crippen molar-refractivity contribution in [1.29, 1.82) is 0 Å². The first-order valence-electron chi connectivity index (χ1n) is 5.68. The van der Waals surface area contributed by atoms with Crippen LogP contribution in [0.1, 0.15) is 12.1 Å². The maximum Gasteiger partial charge on any atom is 0.0587 e. The van der Waals surface area contributed by atoms with E-state index in [0.717, 1.165) is 38.2 Å². The summed E-state index contributed by atoms with van der Waals surface area (Å²) in [5.74, 6) is 0. The summed E-state index contributed by atoms with van der Waals surface area (Å²) in [6.07, 6.45) is 8.15. The highest BCUT2D eigenvalue weighted by atomic mass is 16.5. The van der Waals surface area contributed by atoms with Gasteiger partial charge in [-0.2, -0.15) is 0 Å². The van der Waals surface area contributed by atoms with Crippen LogP contribution in [0.4, 0.5) is 0 Å². The van der Waals surface area contributed by atoms with E-state index in [1.165, 1.54) is 0 Å². The largest absolute Gasteiger partial charge is 0.383 e. The van der Waals surface area contributed by atoms with Crippen LogP contribution >= 0.6 is 0 Å². The Balaban J connectivity index is 2.01. The van der Waals surface area contributed by atoms with Crippen LogP contribution in [0.5, 0.6) is 0 Å². The number of ether oxygens (including phenoxy) is 1. The lowest BCUT2D eigenvalue weighted by atomic mass is 10.2. The molecule has 3 nitrogen and oxygen atoms in total. The average molecular weight is 220 g/mol. The fourth-order valence-electron chi connectivity index (χ4n) is 1.33. The summed E-state index contributed by atoms with van der Waals surface area (Å²) in [5.41, 5.74) is 1.12. The normalized spacial score (nSPS) is 11.1. The van der Waals surface area contributed by atoms with E-state index in [1.54, 1.807) is 7.11 Å². The molecule has 0 aromatic carbocycles. The van der Waals surface area contributed by atoms with Gasteiger partial charge in [0.15, 0.2) is 0 Å². The van der Waals surface area contributed by atoms with Gasteiger partial charge < -0.3 is 10.1 Å². The van der Waals surface area contributed by atoms with Crippen molar-refractivity contribution in [2.24, 2.45) is 0 Å². The smallest absolute Gasteiger partial charge is 0.0587 e. The third kappa shape index (κ3) is 6.32. The second-order valence-corrected chi connectivity index (χ2v) is 3.53. The van der Waals surface area contributed by atoms with E-state index < -0.39 is 0 Å². The third-order valence-electron chi connectivity index (χ3n) is 2.19. The topological polar surface area (TPSA) is 34.1 Å². The zero-order valence-corrected chi connectivity index (χ0v) is 9.86. The van der Waals surface area contributed by atoms with Crippen molar-refractivity contribution in [3.8, 4) is 0 Å². The van der Waals surface area contributed by atoms with Crippen molar-refractivity contribution in [3.63, 3.8) is 0 Å². The highest BCUT2D eigenvalue weighted by Gasteiger charge is 1.87. The number of aromatic nitrogens is 1. The maximum atomic E-state index is 4.94. The molecule has 1 rings (SSSR count). The summed E-state index contributed by atoms with van der Waals surface area (Å²) in [6, 6.07) is 6.00. The molecular formula is C13H20N2O. The summed E-state index contributed by atoms with van der Waals surface area (Å²) in [4.78, 5) is 4.25. The van der Waals surface area contributed by atoms with Crippen LogP contribution in [0.3, 0.4) is 0 Å². The third-order valence-corrected chi connectivity index (χ3v) is 2.19. The molecule has 1 N–H and O–H groups in total. The number of hydrogen-bond acceptors (Lipinski definition) is 3. The minimum absolute atomic E-state index is 0.775. The van der Waals surface area contributed by atoms with E-state index in [0.29, 0.717) is 0 Å². The van der Waals surface area contributed by atoms with Crippen LogP contribution in [0.15, 0.2) is 36.5 Å². The summed E-state index contributed by atoms with van der Waals surface area (Å²) >= 11 is 0. The summed E-state index contributed by atoms with van der Waals surface area (Å²) in [5, 5.41) is 3.29. The molecule has 0 radical (unpaired) electrons. The van der Waals surface area contributed by atoms with E-state index in [1.807, 2.05) is 24.4 Å². The molecule has 1 aromatic rings. The zero-order valence-electron chi connectivity index (χ0n) is 9.86. The summed E-state index contributed by atoms with van der Waals surface area (Å²) < 4.78 is 4.94. The van der Waals surface area contributed by atoms with Gasteiger partial charge in [-0.3, -0.25) is 4.98 Å². The van der Waals surface area contributed by atoms with Crippen LogP contribution in [-0.2, 0) is 11.2 Å². The maximum absolute atomic E-state index is 4.94. The summed E-state index contributed by atoms with van der Waals surface area (Å²) in [6.45, 7) is 2.70. The number of hydrogen-bond donors (Lipinski definition) is 1. The average Bonchev–Trinajstić information content (AvgIpc) is 2.34. The predicted octanol–water partition coefficient (Wildman–Crippen LogP) is 1.81. The lowest BCUT2D eigenvalue weighted by molar-refractivity contribution is 0.199. The van der Waals surface area contributed by atoms with E-state index in [2.05, 4.69) is 22.5 Å². The molecule has 3 heteroatoms. The molecule has 0 bridgehead atoms. The molecule has 0 aliphatic carbocycles. The van der Waals surface area contributed by atoms with Gasteiger partial charge in [-0.05, 0) is 25.1 Å². The number of nitrogens with zero attached hydrogens (tertiary/aromatic N) is 1. The molecule has 0 saturated carbocycles. The Hall–Kier alpha value is -1.19. The molecule has 0 fully saturated rings. The first-order chi connectivity index (χ1) is 7.93. The Bertz CT molecular complexity index is 285. The molecule has 0 amide bonds. The van der Waals surface area contributed by atoms with E-state index >= 15 is 0 Å². The van der Waals surface area contributed by atoms with Gasteiger partial charge in [0, 0.05) is 32.0 Å². The first kappa shape index (κ1) is 12.9. The van der Waals surface area contributed by atoms with Gasteiger partial charge >= 0.3 is 0 Å². The molecule has 1 heterocycles. The molecular weight excluding hydrogens is 200 g/mol. The monoisotopic (exact) mass is 220 g/mol. The first-order valence-corrected chi connectivity index (χ1v) is 5.68. The van der Waals surface area contributed by atoms with Crippen molar-refractivity contribution in [2.45, 2.75) is 12.8 Å². The minimum Gasteiger partial charge on any atom is -0.383 e. The number of nitrogens with one attached hydrogen (secondary N) is 1. The van der Waals surface area contributed by atoms with Crippen molar-refractivity contribution < 1.29 is 4.74 Å². The molecule has 88 valence electrons. The van der Waals surface area contributed by atoms with Crippen LogP contribution in [0.25, 0.3) is 0 Å². The molecule has 0 aliphatic rings. The standard InChI is InChI=1S/C13H20N2O/c1-16-12-11-14-9-5-2-3-7-13-8-4-6-10-15-13/h2-4,6,8,10,14H,5,7,9,11-12H2,1H3. The zero-order chi connectivity index (χ0) is 11.5. The minimum atomic E-state index is 0.775. The Morgan fingerprint density at radius 3 is 3.00 bits per heavy atom. The lowest BCUT2D eigenvalue weighted by Gasteiger charge is -2.00. The van der Waals surface area contributed by atoms with Gasteiger partial charge in [-0.15, -0.1) is 0 Å². The highest BCUT2D eigenvalue weighted by molar-refractivity contribution is 5.07. The molecule has 1 aromatic heterocycles. The Morgan fingerprint density at radius 1 is 1.31 bits per heavy atom. The van der Waals surface area contributed by atoms with Crippen LogP contribution in [0, 0.1) is 0 Å². The van der Waals surface area contributed by atoms with Crippen LogP contribution < -0.4 is 5.32 Å². The van der Waals surface area contributed by atoms with Gasteiger partial charge in [0.1, 0.15) is 0 Å². The van der Waals surface area contributed by atoms with E-state index in [9.17, 15) is 0 Å². The van der Waals surface area contributed by atoms with Crippen LogP contribution in [-0.4, -0.2) is 31.8 Å². The van der Waals surface area contributed by atoms with Crippen molar-refractivity contribution in [3.05, 3.63) is 42.2 Å². The van der Waals surface area contributed by atoms with Gasteiger partial charge in [0.05, 0.1) is 6.61 Å². The second kappa shape index (κ2) is 9.07. The molecule has 0 saturated heterocycles. The van der Waals surface area contributed by atoms with E-state index in [4.69, 9.17) is 4.74 Å². The van der Waals surface area contributed by atoms with Gasteiger partial charge in [0.25, 0.3) is 0 Å². The Labute approximate surface area is 97.5 Å². The summed E-state index contributed by atoms with van der Waals surface area (Å²) in [7, 11) is 1.72. The van der Waals surface area contributed by atoms with E-state index in [-0.39, 0.29) is 0 Å². The number of allylic oxidation sites excluding steroid dienone is 1. The predicted molar refractivity (Wildman–Crippen MR) is 66.4 cm³/mol. The molecule has 16 heavy (non-hydrogen) atoms. The number of pyridine rings is 1. The lowest BCUT2D eigenvalue weighted by Crippen LogP contribution is -2.19. The Kier molecular flexibility index (Phi) is 7.30. The van der Waals surface area contributed by atoms with Crippen molar-refractivity contribution in [2.75, 3.05) is 26.8 Å². The van der Waals surface area contributed by atoms with Crippen molar-refractivity contribution >= 4 is 0 Å². The van der Waals surface area contributed by atoms with Gasteiger partial charge in [-0.1, -0.05) is 18.2 Å².